The first-order valence-corrected chi connectivity index (χ1v) is 5.44. The van der Waals surface area contributed by atoms with Crippen molar-refractivity contribution in [3.05, 3.63) is 29.3 Å². The van der Waals surface area contributed by atoms with Crippen LogP contribution in [0, 0.1) is 0 Å². The summed E-state index contributed by atoms with van der Waals surface area (Å²) in [5.74, 6) is 0.0490. The van der Waals surface area contributed by atoms with Crippen LogP contribution in [0.3, 0.4) is 0 Å². The molecule has 1 amide bonds. The zero-order valence-corrected chi connectivity index (χ0v) is 8.57. The summed E-state index contributed by atoms with van der Waals surface area (Å²) >= 11 is 0. The van der Waals surface area contributed by atoms with Gasteiger partial charge in [-0.1, -0.05) is 6.07 Å². The third kappa shape index (κ3) is 1.27. The fourth-order valence-electron chi connectivity index (χ4n) is 2.41. The molecule has 1 fully saturated rings. The summed E-state index contributed by atoms with van der Waals surface area (Å²) in [7, 11) is 0. The molecular formula is C12H14N2O. The molecule has 0 radical (unpaired) electrons. The van der Waals surface area contributed by atoms with Crippen LogP contribution in [0.15, 0.2) is 18.2 Å². The predicted octanol–water partition coefficient (Wildman–Crippen LogP) is 0.849. The van der Waals surface area contributed by atoms with Gasteiger partial charge in [-0.15, -0.1) is 0 Å². The van der Waals surface area contributed by atoms with Crippen LogP contribution in [0.2, 0.25) is 0 Å². The van der Waals surface area contributed by atoms with Crippen LogP contribution >= 0.6 is 0 Å². The highest BCUT2D eigenvalue weighted by Gasteiger charge is 2.34. The summed E-state index contributed by atoms with van der Waals surface area (Å²) in [6.45, 7) is 0.664. The standard InChI is InChI=1S/C12H14N2O/c13-11-7-14(12(11)15)10-5-4-8-2-1-3-9(8)6-10/h4-6,11H,1-3,7,13H2. The molecule has 3 rings (SSSR count). The minimum Gasteiger partial charge on any atom is -0.318 e. The number of carbonyl (C=O) groups is 1. The first kappa shape index (κ1) is 8.92. The average Bonchev–Trinajstić information content (AvgIpc) is 2.72. The Morgan fingerprint density at radius 1 is 1.27 bits per heavy atom. The van der Waals surface area contributed by atoms with E-state index in [1.165, 1.54) is 24.0 Å². The lowest BCUT2D eigenvalue weighted by molar-refractivity contribution is -0.123. The molecule has 1 atom stereocenters. The zero-order chi connectivity index (χ0) is 10.4. The summed E-state index contributed by atoms with van der Waals surface area (Å²) in [5, 5.41) is 0. The zero-order valence-electron chi connectivity index (χ0n) is 8.57. The summed E-state index contributed by atoms with van der Waals surface area (Å²) in [5.41, 5.74) is 9.43. The van der Waals surface area contributed by atoms with Crippen LogP contribution in [0.5, 0.6) is 0 Å². The first-order valence-electron chi connectivity index (χ1n) is 5.44. The van der Waals surface area contributed by atoms with E-state index in [1.54, 1.807) is 4.90 Å². The van der Waals surface area contributed by atoms with Gasteiger partial charge in [0.1, 0.15) is 6.04 Å². The number of rotatable bonds is 1. The van der Waals surface area contributed by atoms with Crippen molar-refractivity contribution in [3.63, 3.8) is 0 Å². The van der Waals surface area contributed by atoms with E-state index in [4.69, 9.17) is 5.73 Å². The Kier molecular flexibility index (Phi) is 1.83. The van der Waals surface area contributed by atoms with Gasteiger partial charge in [-0.3, -0.25) is 4.79 Å². The number of nitrogens with zero attached hydrogens (tertiary/aromatic N) is 1. The topological polar surface area (TPSA) is 46.3 Å². The molecule has 1 aromatic rings. The van der Waals surface area contributed by atoms with E-state index >= 15 is 0 Å². The lowest BCUT2D eigenvalue weighted by Crippen LogP contribution is -2.61. The summed E-state index contributed by atoms with van der Waals surface area (Å²) in [6.07, 6.45) is 3.58. The van der Waals surface area contributed by atoms with Crippen molar-refractivity contribution in [2.45, 2.75) is 25.3 Å². The summed E-state index contributed by atoms with van der Waals surface area (Å²) in [6, 6.07) is 6.05. The molecule has 1 saturated heterocycles. The maximum absolute atomic E-state index is 11.5. The molecule has 78 valence electrons. The number of hydrogen-bond donors (Lipinski definition) is 1. The second-order valence-electron chi connectivity index (χ2n) is 4.36. The van der Waals surface area contributed by atoms with Crippen LogP contribution in [-0.2, 0) is 17.6 Å². The van der Waals surface area contributed by atoms with Gasteiger partial charge in [0.15, 0.2) is 0 Å². The maximum Gasteiger partial charge on any atom is 0.245 e. The van der Waals surface area contributed by atoms with E-state index in [1.807, 2.05) is 6.07 Å². The molecule has 3 heteroatoms. The predicted molar refractivity (Wildman–Crippen MR) is 58.8 cm³/mol. The molecule has 15 heavy (non-hydrogen) atoms. The third-order valence-electron chi connectivity index (χ3n) is 3.36. The highest BCUT2D eigenvalue weighted by atomic mass is 16.2. The molecule has 1 aliphatic carbocycles. The van der Waals surface area contributed by atoms with Crippen molar-refractivity contribution in [2.75, 3.05) is 11.4 Å². The first-order chi connectivity index (χ1) is 7.25. The SMILES string of the molecule is NC1CN(c2ccc3c(c2)CCC3)C1=O. The molecule has 1 heterocycles. The molecule has 2 aliphatic rings. The smallest absolute Gasteiger partial charge is 0.245 e. The number of fused-ring (bicyclic) bond motifs is 1. The minimum absolute atomic E-state index is 0.0490. The number of anilines is 1. The highest BCUT2D eigenvalue weighted by molar-refractivity contribution is 6.03. The van der Waals surface area contributed by atoms with E-state index in [0.29, 0.717) is 6.54 Å². The van der Waals surface area contributed by atoms with Gasteiger partial charge in [0.25, 0.3) is 0 Å². The molecule has 0 bridgehead atoms. The average molecular weight is 202 g/mol. The quantitative estimate of drug-likeness (QED) is 0.686. The van der Waals surface area contributed by atoms with Crippen molar-refractivity contribution in [1.29, 1.82) is 0 Å². The molecule has 3 nitrogen and oxygen atoms in total. The number of amides is 1. The number of hydrogen-bond acceptors (Lipinski definition) is 2. The van der Waals surface area contributed by atoms with E-state index in [-0.39, 0.29) is 11.9 Å². The molecule has 0 aromatic heterocycles. The Bertz CT molecular complexity index is 428. The van der Waals surface area contributed by atoms with Crippen molar-refractivity contribution >= 4 is 11.6 Å². The van der Waals surface area contributed by atoms with Gasteiger partial charge in [-0.25, -0.2) is 0 Å². The second kappa shape index (κ2) is 3.07. The third-order valence-corrected chi connectivity index (χ3v) is 3.36. The molecule has 2 N–H and O–H groups in total. The maximum atomic E-state index is 11.5. The van der Waals surface area contributed by atoms with Crippen molar-refractivity contribution < 1.29 is 4.79 Å². The Morgan fingerprint density at radius 2 is 2.07 bits per heavy atom. The van der Waals surface area contributed by atoms with Gasteiger partial charge in [0.2, 0.25) is 5.91 Å². The Labute approximate surface area is 88.9 Å². The second-order valence-corrected chi connectivity index (χ2v) is 4.36. The van der Waals surface area contributed by atoms with E-state index < -0.39 is 0 Å². The number of carbonyl (C=O) groups excluding carboxylic acids is 1. The van der Waals surface area contributed by atoms with E-state index in [9.17, 15) is 4.79 Å². The number of benzene rings is 1. The molecule has 1 aliphatic heterocycles. The number of β-lactam (4-membered cyclic amide) rings is 1. The van der Waals surface area contributed by atoms with Gasteiger partial charge >= 0.3 is 0 Å². The van der Waals surface area contributed by atoms with Gasteiger partial charge < -0.3 is 10.6 Å². The van der Waals surface area contributed by atoms with E-state index in [0.717, 1.165) is 12.1 Å². The van der Waals surface area contributed by atoms with Crippen LogP contribution in [0.25, 0.3) is 0 Å². The lowest BCUT2D eigenvalue weighted by Gasteiger charge is -2.36. The fraction of sp³-hybridized carbons (Fsp3) is 0.417. The van der Waals surface area contributed by atoms with E-state index in [2.05, 4.69) is 12.1 Å². The minimum atomic E-state index is -0.279. The van der Waals surface area contributed by atoms with Crippen LogP contribution < -0.4 is 10.6 Å². The highest BCUT2D eigenvalue weighted by Crippen LogP contribution is 2.29. The lowest BCUT2D eigenvalue weighted by atomic mass is 10.0. The largest absolute Gasteiger partial charge is 0.318 e. The molecule has 0 spiro atoms. The Hall–Kier alpha value is -1.35. The monoisotopic (exact) mass is 202 g/mol. The number of nitrogens with two attached hydrogens (primary N) is 1. The summed E-state index contributed by atoms with van der Waals surface area (Å²) in [4.78, 5) is 13.2. The van der Waals surface area contributed by atoms with Crippen molar-refractivity contribution in [1.82, 2.24) is 0 Å². The molecular weight excluding hydrogens is 188 g/mol. The van der Waals surface area contributed by atoms with Gasteiger partial charge in [-0.05, 0) is 42.5 Å². The van der Waals surface area contributed by atoms with Crippen LogP contribution in [-0.4, -0.2) is 18.5 Å². The molecule has 0 saturated carbocycles. The molecule has 1 unspecified atom stereocenters. The van der Waals surface area contributed by atoms with Crippen molar-refractivity contribution in [3.8, 4) is 0 Å². The summed E-state index contributed by atoms with van der Waals surface area (Å²) < 4.78 is 0. The Balaban J connectivity index is 1.91. The Morgan fingerprint density at radius 3 is 2.80 bits per heavy atom. The normalized spacial score (nSPS) is 23.9. The van der Waals surface area contributed by atoms with Gasteiger partial charge in [-0.2, -0.15) is 0 Å². The van der Waals surface area contributed by atoms with Gasteiger partial charge in [0.05, 0.1) is 6.54 Å². The fourth-order valence-corrected chi connectivity index (χ4v) is 2.41. The molecule has 1 aromatic carbocycles. The van der Waals surface area contributed by atoms with Crippen molar-refractivity contribution in [2.24, 2.45) is 5.73 Å². The number of aryl methyl sites for hydroxylation is 2. The van der Waals surface area contributed by atoms with Gasteiger partial charge in [0, 0.05) is 5.69 Å². The van der Waals surface area contributed by atoms with Crippen LogP contribution in [0.4, 0.5) is 5.69 Å². The van der Waals surface area contributed by atoms with Crippen LogP contribution in [0.1, 0.15) is 17.5 Å².